The van der Waals surface area contributed by atoms with Crippen LogP contribution in [-0.4, -0.2) is 29.0 Å². The second-order valence-corrected chi connectivity index (χ2v) is 5.34. The molecule has 1 aromatic carbocycles. The molecule has 2 N–H and O–H groups in total. The van der Waals surface area contributed by atoms with Crippen molar-refractivity contribution in [1.82, 2.24) is 5.32 Å². The highest BCUT2D eigenvalue weighted by atomic mass is 35.5. The number of amides is 2. The number of hydrogen-bond donors (Lipinski definition) is 2. The highest BCUT2D eigenvalue weighted by molar-refractivity contribution is 6.33. The number of piperazine rings is 1. The SMILES string of the molecule is CC1(C)C(=O)NC(=O)CN1c1c(Cl)cccc1CO. The lowest BCUT2D eigenvalue weighted by atomic mass is 9.96. The quantitative estimate of drug-likeness (QED) is 0.796. The van der Waals surface area contributed by atoms with E-state index in [-0.39, 0.29) is 25.0 Å². The summed E-state index contributed by atoms with van der Waals surface area (Å²) >= 11 is 6.17. The number of halogens is 1. The highest BCUT2D eigenvalue weighted by Gasteiger charge is 2.42. The van der Waals surface area contributed by atoms with E-state index in [1.807, 2.05) is 0 Å². The Hall–Kier alpha value is -1.59. The van der Waals surface area contributed by atoms with E-state index in [1.54, 1.807) is 36.9 Å². The maximum Gasteiger partial charge on any atom is 0.251 e. The van der Waals surface area contributed by atoms with Gasteiger partial charge in [0, 0.05) is 5.56 Å². The van der Waals surface area contributed by atoms with Gasteiger partial charge in [-0.25, -0.2) is 0 Å². The Bertz CT molecular complexity index is 543. The Balaban J connectivity index is 2.56. The van der Waals surface area contributed by atoms with Gasteiger partial charge in [-0.05, 0) is 19.9 Å². The van der Waals surface area contributed by atoms with Gasteiger partial charge in [-0.3, -0.25) is 14.9 Å². The lowest BCUT2D eigenvalue weighted by molar-refractivity contribution is -0.135. The van der Waals surface area contributed by atoms with Gasteiger partial charge in [-0.15, -0.1) is 0 Å². The smallest absolute Gasteiger partial charge is 0.251 e. The second-order valence-electron chi connectivity index (χ2n) is 4.93. The van der Waals surface area contributed by atoms with E-state index >= 15 is 0 Å². The summed E-state index contributed by atoms with van der Waals surface area (Å²) in [6, 6.07) is 5.10. The van der Waals surface area contributed by atoms with Gasteiger partial charge in [-0.1, -0.05) is 23.7 Å². The van der Waals surface area contributed by atoms with Crippen molar-refractivity contribution in [3.63, 3.8) is 0 Å². The first kappa shape index (κ1) is 13.8. The molecule has 0 atom stereocenters. The van der Waals surface area contributed by atoms with Crippen LogP contribution in [0.2, 0.25) is 5.02 Å². The molecule has 1 heterocycles. The molecule has 0 aromatic heterocycles. The molecule has 0 saturated carbocycles. The number of hydrogen-bond acceptors (Lipinski definition) is 4. The largest absolute Gasteiger partial charge is 0.392 e. The van der Waals surface area contributed by atoms with Crippen molar-refractivity contribution in [1.29, 1.82) is 0 Å². The lowest BCUT2D eigenvalue weighted by Gasteiger charge is -2.42. The zero-order valence-electron chi connectivity index (χ0n) is 10.7. The van der Waals surface area contributed by atoms with Crippen molar-refractivity contribution < 1.29 is 14.7 Å². The molecule has 1 saturated heterocycles. The van der Waals surface area contributed by atoms with Crippen LogP contribution in [0, 0.1) is 0 Å². The van der Waals surface area contributed by atoms with Crippen LogP contribution in [0.15, 0.2) is 18.2 Å². The molecule has 1 aliphatic rings. The Morgan fingerprint density at radius 3 is 2.74 bits per heavy atom. The predicted molar refractivity (Wildman–Crippen MR) is 71.9 cm³/mol. The van der Waals surface area contributed by atoms with Crippen LogP contribution in [0.3, 0.4) is 0 Å². The number of aliphatic hydroxyl groups excluding tert-OH is 1. The summed E-state index contributed by atoms with van der Waals surface area (Å²) in [5, 5.41) is 12.1. The standard InChI is InChI=1S/C13H15ClN2O3/c1-13(2)12(19)15-10(18)6-16(13)11-8(7-17)4-3-5-9(11)14/h3-5,17H,6-7H2,1-2H3,(H,15,18,19). The summed E-state index contributed by atoms with van der Waals surface area (Å²) in [7, 11) is 0. The highest BCUT2D eigenvalue weighted by Crippen LogP contribution is 2.35. The maximum atomic E-state index is 11.9. The van der Waals surface area contributed by atoms with E-state index in [1.165, 1.54) is 0 Å². The average Bonchev–Trinajstić information content (AvgIpc) is 2.34. The molecule has 1 aliphatic heterocycles. The number of carbonyl (C=O) groups excluding carboxylic acids is 2. The summed E-state index contributed by atoms with van der Waals surface area (Å²) in [4.78, 5) is 25.1. The van der Waals surface area contributed by atoms with Gasteiger partial charge in [-0.2, -0.15) is 0 Å². The van der Waals surface area contributed by atoms with Crippen molar-refractivity contribution in [3.05, 3.63) is 28.8 Å². The topological polar surface area (TPSA) is 69.6 Å². The van der Waals surface area contributed by atoms with Crippen LogP contribution < -0.4 is 10.2 Å². The fourth-order valence-corrected chi connectivity index (χ4v) is 2.43. The van der Waals surface area contributed by atoms with E-state index in [0.717, 1.165) is 0 Å². The van der Waals surface area contributed by atoms with Crippen LogP contribution in [0.5, 0.6) is 0 Å². The molecular formula is C13H15ClN2O3. The Labute approximate surface area is 116 Å². The maximum absolute atomic E-state index is 11.9. The van der Waals surface area contributed by atoms with Gasteiger partial charge in [0.1, 0.15) is 5.54 Å². The van der Waals surface area contributed by atoms with Gasteiger partial charge in [0.2, 0.25) is 5.91 Å². The fourth-order valence-electron chi connectivity index (χ4n) is 2.13. The molecule has 19 heavy (non-hydrogen) atoms. The summed E-state index contributed by atoms with van der Waals surface area (Å²) in [5.74, 6) is -0.763. The first-order chi connectivity index (χ1) is 8.87. The summed E-state index contributed by atoms with van der Waals surface area (Å²) in [6.07, 6.45) is 0. The number of rotatable bonds is 2. The molecular weight excluding hydrogens is 268 g/mol. The molecule has 0 bridgehead atoms. The minimum atomic E-state index is -0.914. The van der Waals surface area contributed by atoms with E-state index in [2.05, 4.69) is 5.32 Å². The lowest BCUT2D eigenvalue weighted by Crippen LogP contribution is -2.64. The average molecular weight is 283 g/mol. The van der Waals surface area contributed by atoms with Crippen LogP contribution in [-0.2, 0) is 16.2 Å². The van der Waals surface area contributed by atoms with Crippen molar-refractivity contribution in [2.45, 2.75) is 26.0 Å². The normalized spacial score (nSPS) is 18.4. The third kappa shape index (κ3) is 2.31. The molecule has 6 heteroatoms. The molecule has 2 amide bonds. The molecule has 1 aromatic rings. The molecule has 2 rings (SSSR count). The first-order valence-corrected chi connectivity index (χ1v) is 6.26. The number of nitrogens with zero attached hydrogens (tertiary/aromatic N) is 1. The van der Waals surface area contributed by atoms with E-state index in [9.17, 15) is 14.7 Å². The molecule has 0 spiro atoms. The number of benzene rings is 1. The van der Waals surface area contributed by atoms with E-state index < -0.39 is 5.54 Å². The molecule has 0 unspecified atom stereocenters. The van der Waals surface area contributed by atoms with Gasteiger partial charge in [0.05, 0.1) is 23.9 Å². The minimum absolute atomic E-state index is 0.0233. The third-order valence-corrected chi connectivity index (χ3v) is 3.60. The van der Waals surface area contributed by atoms with Crippen molar-refractivity contribution >= 4 is 29.1 Å². The fraction of sp³-hybridized carbons (Fsp3) is 0.385. The number of imide groups is 1. The van der Waals surface area contributed by atoms with Crippen LogP contribution in [0.4, 0.5) is 5.69 Å². The zero-order valence-corrected chi connectivity index (χ0v) is 11.5. The van der Waals surface area contributed by atoms with Crippen LogP contribution in [0.1, 0.15) is 19.4 Å². The van der Waals surface area contributed by atoms with Crippen molar-refractivity contribution in [2.24, 2.45) is 0 Å². The van der Waals surface area contributed by atoms with Gasteiger partial charge in [0.25, 0.3) is 5.91 Å². The predicted octanol–water partition coefficient (Wildman–Crippen LogP) is 1.07. The van der Waals surface area contributed by atoms with Gasteiger partial charge in [0.15, 0.2) is 0 Å². The number of nitrogens with one attached hydrogen (secondary N) is 1. The Kier molecular flexibility index (Phi) is 3.52. The molecule has 102 valence electrons. The summed E-state index contributed by atoms with van der Waals surface area (Å²) in [6.45, 7) is 3.23. The molecule has 0 radical (unpaired) electrons. The number of para-hydroxylation sites is 1. The van der Waals surface area contributed by atoms with E-state index in [4.69, 9.17) is 11.6 Å². The second kappa shape index (κ2) is 4.83. The molecule has 5 nitrogen and oxygen atoms in total. The van der Waals surface area contributed by atoms with Crippen LogP contribution >= 0.6 is 11.6 Å². The molecule has 1 fully saturated rings. The monoisotopic (exact) mass is 282 g/mol. The zero-order chi connectivity index (χ0) is 14.2. The summed E-state index contributed by atoms with van der Waals surface area (Å²) < 4.78 is 0. The number of carbonyl (C=O) groups is 2. The first-order valence-electron chi connectivity index (χ1n) is 5.88. The third-order valence-electron chi connectivity index (χ3n) is 3.30. The van der Waals surface area contributed by atoms with Crippen molar-refractivity contribution in [2.75, 3.05) is 11.4 Å². The Morgan fingerprint density at radius 1 is 1.42 bits per heavy atom. The molecule has 0 aliphatic carbocycles. The minimum Gasteiger partial charge on any atom is -0.392 e. The number of anilines is 1. The van der Waals surface area contributed by atoms with Gasteiger partial charge >= 0.3 is 0 Å². The summed E-state index contributed by atoms with van der Waals surface area (Å²) in [5.41, 5.74) is 0.200. The Morgan fingerprint density at radius 2 is 2.11 bits per heavy atom. The van der Waals surface area contributed by atoms with Crippen LogP contribution in [0.25, 0.3) is 0 Å². The van der Waals surface area contributed by atoms with Crippen molar-refractivity contribution in [3.8, 4) is 0 Å². The van der Waals surface area contributed by atoms with Gasteiger partial charge < -0.3 is 10.0 Å². The number of aliphatic hydroxyl groups is 1. The van der Waals surface area contributed by atoms with E-state index in [0.29, 0.717) is 16.3 Å².